The molecule has 0 saturated carbocycles. The Labute approximate surface area is 210 Å². The van der Waals surface area contributed by atoms with Crippen LogP contribution in [0, 0.1) is 22.6 Å². The number of halogens is 1. The molecule has 2 aromatic carbocycles. The highest BCUT2D eigenvalue weighted by molar-refractivity contribution is 7.89. The summed E-state index contributed by atoms with van der Waals surface area (Å²) in [7, 11) is -4.03. The number of hydrogen-bond acceptors (Lipinski definition) is 7. The van der Waals surface area contributed by atoms with E-state index in [2.05, 4.69) is 22.3 Å². The van der Waals surface area contributed by atoms with Crippen molar-refractivity contribution in [2.75, 3.05) is 13.1 Å². The van der Waals surface area contributed by atoms with Crippen LogP contribution in [0.5, 0.6) is 0 Å². The van der Waals surface area contributed by atoms with Crippen molar-refractivity contribution in [3.8, 4) is 6.07 Å². The molecule has 0 fully saturated rings. The van der Waals surface area contributed by atoms with Gasteiger partial charge in [0.15, 0.2) is 0 Å². The summed E-state index contributed by atoms with van der Waals surface area (Å²) in [5.74, 6) is -1.06. The molecule has 1 atom stereocenters. The number of allylic oxidation sites excluding steroid dienone is 4. The summed E-state index contributed by atoms with van der Waals surface area (Å²) in [6.45, 7) is 4.88. The van der Waals surface area contributed by atoms with Crippen LogP contribution in [0.1, 0.15) is 31.7 Å². The first-order chi connectivity index (χ1) is 17.1. The number of rotatable bonds is 7. The van der Waals surface area contributed by atoms with Gasteiger partial charge in [0.05, 0.1) is 22.5 Å². The number of nitriles is 1. The Morgan fingerprint density at radius 3 is 2.44 bits per heavy atom. The third kappa shape index (κ3) is 4.86. The van der Waals surface area contributed by atoms with Gasteiger partial charge in [-0.15, -0.1) is 4.83 Å². The Balaban J connectivity index is 1.93. The number of benzene rings is 2. The van der Waals surface area contributed by atoms with Gasteiger partial charge in [0.2, 0.25) is 0 Å². The Morgan fingerprint density at radius 1 is 1.17 bits per heavy atom. The molecule has 10 heteroatoms. The van der Waals surface area contributed by atoms with Crippen LogP contribution in [0.2, 0.25) is 0 Å². The minimum absolute atomic E-state index is 0.0269. The zero-order chi connectivity index (χ0) is 26.1. The summed E-state index contributed by atoms with van der Waals surface area (Å²) in [6.07, 6.45) is 2.49. The standard InChI is InChI=1S/C26H29FN6O2S/c1-26(2)14-21(31-13-12-28)24-22(15-26)33(32-36(34,35)19-6-4-3-5-7-19)25(30)20(16-29)23(24)17-8-10-18(27)11-9-17/h3-11,14,23,31-32H,12-13,15,28,30H2,1-2H3. The van der Waals surface area contributed by atoms with E-state index >= 15 is 0 Å². The van der Waals surface area contributed by atoms with E-state index in [1.165, 1.54) is 29.3 Å². The lowest BCUT2D eigenvalue weighted by Gasteiger charge is -2.43. The first-order valence-corrected chi connectivity index (χ1v) is 13.0. The third-order valence-corrected chi connectivity index (χ3v) is 7.49. The number of hydrazine groups is 1. The van der Waals surface area contributed by atoms with Crippen molar-refractivity contribution in [3.05, 3.63) is 100 Å². The number of nitrogens with zero attached hydrogens (tertiary/aromatic N) is 2. The lowest BCUT2D eigenvalue weighted by atomic mass is 9.72. The largest absolute Gasteiger partial charge is 0.384 e. The topological polar surface area (TPSA) is 137 Å². The molecule has 0 bridgehead atoms. The Kier molecular flexibility index (Phi) is 6.91. The SMILES string of the molecule is CC1(C)C=C(NCCN)C2=C(C1)N(NS(=O)(=O)c1ccccc1)C(N)=C(C#N)C2c1ccc(F)cc1. The van der Waals surface area contributed by atoms with Crippen molar-refractivity contribution in [3.63, 3.8) is 0 Å². The van der Waals surface area contributed by atoms with Crippen molar-refractivity contribution in [2.45, 2.75) is 31.1 Å². The highest BCUT2D eigenvalue weighted by Gasteiger charge is 2.42. The van der Waals surface area contributed by atoms with Gasteiger partial charge in [0.25, 0.3) is 10.0 Å². The fourth-order valence-electron chi connectivity index (χ4n) is 4.62. The van der Waals surface area contributed by atoms with Crippen LogP contribution < -0.4 is 21.6 Å². The predicted octanol–water partition coefficient (Wildman–Crippen LogP) is 2.93. The van der Waals surface area contributed by atoms with Gasteiger partial charge >= 0.3 is 0 Å². The average Bonchev–Trinajstić information content (AvgIpc) is 2.84. The van der Waals surface area contributed by atoms with Crippen molar-refractivity contribution in [1.29, 1.82) is 5.26 Å². The van der Waals surface area contributed by atoms with Crippen LogP contribution in [0.15, 0.2) is 93.9 Å². The normalized spacial score (nSPS) is 19.5. The molecule has 1 unspecified atom stereocenters. The van der Waals surface area contributed by atoms with Crippen LogP contribution in [-0.2, 0) is 10.0 Å². The molecule has 0 spiro atoms. The van der Waals surface area contributed by atoms with Gasteiger partial charge < -0.3 is 16.8 Å². The monoisotopic (exact) mass is 508 g/mol. The molecular formula is C26H29FN6O2S. The van der Waals surface area contributed by atoms with Crippen LogP contribution >= 0.6 is 0 Å². The van der Waals surface area contributed by atoms with E-state index in [1.807, 2.05) is 13.8 Å². The van der Waals surface area contributed by atoms with Crippen molar-refractivity contribution < 1.29 is 12.8 Å². The summed E-state index contributed by atoms with van der Waals surface area (Å²) >= 11 is 0. The fraction of sp³-hybridized carbons (Fsp3) is 0.269. The summed E-state index contributed by atoms with van der Waals surface area (Å²) in [5.41, 5.74) is 14.7. The third-order valence-electron chi connectivity index (χ3n) is 6.17. The van der Waals surface area contributed by atoms with Crippen molar-refractivity contribution in [1.82, 2.24) is 15.2 Å². The van der Waals surface area contributed by atoms with Crippen molar-refractivity contribution >= 4 is 10.0 Å². The molecule has 6 N–H and O–H groups in total. The zero-order valence-corrected chi connectivity index (χ0v) is 20.9. The first-order valence-electron chi connectivity index (χ1n) is 11.5. The molecule has 8 nitrogen and oxygen atoms in total. The van der Waals surface area contributed by atoms with E-state index in [0.29, 0.717) is 36.3 Å². The summed E-state index contributed by atoms with van der Waals surface area (Å²) in [4.78, 5) is 2.66. The minimum Gasteiger partial charge on any atom is -0.384 e. The molecule has 0 amide bonds. The molecule has 2 aromatic rings. The maximum Gasteiger partial charge on any atom is 0.257 e. The highest BCUT2D eigenvalue weighted by Crippen LogP contribution is 2.49. The minimum atomic E-state index is -4.03. The summed E-state index contributed by atoms with van der Waals surface area (Å²) < 4.78 is 40.3. The molecule has 0 aromatic heterocycles. The second-order valence-electron chi connectivity index (χ2n) is 9.44. The highest BCUT2D eigenvalue weighted by atomic mass is 32.2. The molecule has 1 heterocycles. The van der Waals surface area contributed by atoms with Gasteiger partial charge in [-0.05, 0) is 41.7 Å². The van der Waals surface area contributed by atoms with Crippen LogP contribution in [0.3, 0.4) is 0 Å². The summed E-state index contributed by atoms with van der Waals surface area (Å²) in [6, 6.07) is 16.0. The van der Waals surface area contributed by atoms with Crippen LogP contribution in [0.25, 0.3) is 0 Å². The van der Waals surface area contributed by atoms with Gasteiger partial charge in [-0.25, -0.2) is 12.8 Å². The summed E-state index contributed by atoms with van der Waals surface area (Å²) in [5, 5.41) is 14.8. The van der Waals surface area contributed by atoms with Gasteiger partial charge in [-0.3, -0.25) is 5.01 Å². The lowest BCUT2D eigenvalue weighted by Crippen LogP contribution is -2.49. The molecular weight excluding hydrogens is 479 g/mol. The van der Waals surface area contributed by atoms with E-state index in [4.69, 9.17) is 11.5 Å². The van der Waals surface area contributed by atoms with Gasteiger partial charge in [-0.1, -0.05) is 50.3 Å². The predicted molar refractivity (Wildman–Crippen MR) is 135 cm³/mol. The van der Waals surface area contributed by atoms with Gasteiger partial charge in [-0.2, -0.15) is 5.26 Å². The molecule has 0 radical (unpaired) electrons. The molecule has 0 saturated heterocycles. The van der Waals surface area contributed by atoms with E-state index in [-0.39, 0.29) is 21.7 Å². The fourth-order valence-corrected chi connectivity index (χ4v) is 5.69. The molecule has 1 aliphatic carbocycles. The Bertz CT molecular complexity index is 1390. The van der Waals surface area contributed by atoms with E-state index in [9.17, 15) is 18.1 Å². The van der Waals surface area contributed by atoms with Crippen LogP contribution in [-0.4, -0.2) is 26.5 Å². The second-order valence-corrected chi connectivity index (χ2v) is 11.1. The van der Waals surface area contributed by atoms with Crippen LogP contribution in [0.4, 0.5) is 4.39 Å². The Morgan fingerprint density at radius 2 is 1.83 bits per heavy atom. The Hall–Kier alpha value is -3.65. The van der Waals surface area contributed by atoms with Crippen molar-refractivity contribution in [2.24, 2.45) is 16.9 Å². The lowest BCUT2D eigenvalue weighted by molar-refractivity contribution is 0.302. The zero-order valence-electron chi connectivity index (χ0n) is 20.1. The molecule has 36 heavy (non-hydrogen) atoms. The maximum absolute atomic E-state index is 13.8. The number of hydrogen-bond donors (Lipinski definition) is 4. The van der Waals surface area contributed by atoms with E-state index in [1.54, 1.807) is 30.3 Å². The molecule has 188 valence electrons. The molecule has 2 aliphatic rings. The number of nitrogens with two attached hydrogens (primary N) is 2. The van der Waals surface area contributed by atoms with Gasteiger partial charge in [0.1, 0.15) is 11.6 Å². The van der Waals surface area contributed by atoms with E-state index < -0.39 is 21.8 Å². The average molecular weight is 509 g/mol. The second kappa shape index (κ2) is 9.78. The molecule has 4 rings (SSSR count). The maximum atomic E-state index is 13.8. The van der Waals surface area contributed by atoms with Gasteiger partial charge in [0, 0.05) is 30.1 Å². The smallest absolute Gasteiger partial charge is 0.257 e. The first kappa shape index (κ1) is 25.4. The molecule has 1 aliphatic heterocycles. The number of nitrogens with one attached hydrogen (secondary N) is 2. The number of sulfonamides is 1. The van der Waals surface area contributed by atoms with E-state index in [0.717, 1.165) is 5.70 Å². The quantitative estimate of drug-likeness (QED) is 0.451.